The van der Waals surface area contributed by atoms with Gasteiger partial charge in [0.1, 0.15) is 0 Å². The van der Waals surface area contributed by atoms with Crippen LogP contribution in [0, 0.1) is 0 Å². The van der Waals surface area contributed by atoms with Crippen molar-refractivity contribution in [2.24, 2.45) is 0 Å². The minimum atomic E-state index is 0.700. The van der Waals surface area contributed by atoms with E-state index in [2.05, 4.69) is 24.5 Å². The van der Waals surface area contributed by atoms with Crippen LogP contribution in [-0.4, -0.2) is 18.8 Å². The third kappa shape index (κ3) is 1.46. The third-order valence-corrected chi connectivity index (χ3v) is 1.61. The lowest BCUT2D eigenvalue weighted by molar-refractivity contribution is 0.344. The van der Waals surface area contributed by atoms with Gasteiger partial charge in [-0.3, -0.25) is 0 Å². The molecule has 0 unspecified atom stereocenters. The highest BCUT2D eigenvalue weighted by molar-refractivity contribution is 4.73. The standard InChI is InChI=1S/C6H14N2/c1-5-3-6(2)8-4-7-5/h5-8H,3-4H2,1-2H3/t5-,6-/m0/s1. The van der Waals surface area contributed by atoms with E-state index in [0.717, 1.165) is 6.67 Å². The van der Waals surface area contributed by atoms with Gasteiger partial charge in [-0.2, -0.15) is 0 Å². The van der Waals surface area contributed by atoms with Crippen LogP contribution in [0.5, 0.6) is 0 Å². The van der Waals surface area contributed by atoms with E-state index < -0.39 is 0 Å². The van der Waals surface area contributed by atoms with E-state index >= 15 is 0 Å². The molecule has 1 fully saturated rings. The highest BCUT2D eigenvalue weighted by atomic mass is 15.1. The molecule has 1 aliphatic heterocycles. The van der Waals surface area contributed by atoms with Crippen LogP contribution in [0.2, 0.25) is 0 Å². The van der Waals surface area contributed by atoms with E-state index in [9.17, 15) is 0 Å². The smallest absolute Gasteiger partial charge is 0.0458 e. The van der Waals surface area contributed by atoms with Crippen molar-refractivity contribution in [3.63, 3.8) is 0 Å². The molecule has 2 heteroatoms. The molecule has 0 radical (unpaired) electrons. The highest BCUT2D eigenvalue weighted by Gasteiger charge is 2.11. The quantitative estimate of drug-likeness (QED) is 0.473. The Morgan fingerprint density at radius 1 is 1.12 bits per heavy atom. The fourth-order valence-corrected chi connectivity index (χ4v) is 1.10. The highest BCUT2D eigenvalue weighted by Crippen LogP contribution is 1.99. The molecule has 1 rings (SSSR count). The largest absolute Gasteiger partial charge is 0.302 e. The molecular weight excluding hydrogens is 100 g/mol. The van der Waals surface area contributed by atoms with E-state index in [4.69, 9.17) is 0 Å². The average Bonchev–Trinajstić information content (AvgIpc) is 1.64. The van der Waals surface area contributed by atoms with Gasteiger partial charge in [0, 0.05) is 18.8 Å². The summed E-state index contributed by atoms with van der Waals surface area (Å²) in [6.45, 7) is 5.41. The molecule has 48 valence electrons. The third-order valence-electron chi connectivity index (χ3n) is 1.61. The second kappa shape index (κ2) is 2.46. The SMILES string of the molecule is C[C@H]1C[C@H](C)NCN1. The lowest BCUT2D eigenvalue weighted by Crippen LogP contribution is -2.48. The van der Waals surface area contributed by atoms with Crippen molar-refractivity contribution >= 4 is 0 Å². The molecule has 2 atom stereocenters. The molecule has 1 aliphatic rings. The molecule has 2 nitrogen and oxygen atoms in total. The molecule has 2 N–H and O–H groups in total. The number of nitrogens with one attached hydrogen (secondary N) is 2. The average molecular weight is 114 g/mol. The summed E-state index contributed by atoms with van der Waals surface area (Å²) in [6, 6.07) is 1.40. The monoisotopic (exact) mass is 114 g/mol. The zero-order valence-electron chi connectivity index (χ0n) is 5.57. The predicted octanol–water partition coefficient (Wildman–Crippen LogP) is 0.304. The summed E-state index contributed by atoms with van der Waals surface area (Å²) in [6.07, 6.45) is 1.25. The van der Waals surface area contributed by atoms with E-state index in [1.165, 1.54) is 6.42 Å². The van der Waals surface area contributed by atoms with Crippen molar-refractivity contribution in [2.45, 2.75) is 32.4 Å². The molecule has 1 saturated heterocycles. The van der Waals surface area contributed by atoms with Crippen molar-refractivity contribution in [1.82, 2.24) is 10.6 Å². The van der Waals surface area contributed by atoms with Gasteiger partial charge in [-0.15, -0.1) is 0 Å². The predicted molar refractivity (Wildman–Crippen MR) is 34.7 cm³/mol. The molecule has 0 aromatic heterocycles. The lowest BCUT2D eigenvalue weighted by Gasteiger charge is -2.26. The summed E-state index contributed by atoms with van der Waals surface area (Å²) in [5, 5.41) is 6.60. The fraction of sp³-hybridized carbons (Fsp3) is 1.00. The molecule has 1 heterocycles. The van der Waals surface area contributed by atoms with Crippen molar-refractivity contribution in [3.05, 3.63) is 0 Å². The second-order valence-corrected chi connectivity index (χ2v) is 2.62. The van der Waals surface area contributed by atoms with E-state index in [1.807, 2.05) is 0 Å². The summed E-state index contributed by atoms with van der Waals surface area (Å²) in [4.78, 5) is 0. The first kappa shape index (κ1) is 6.05. The van der Waals surface area contributed by atoms with Crippen LogP contribution in [0.1, 0.15) is 20.3 Å². The van der Waals surface area contributed by atoms with Gasteiger partial charge in [0.25, 0.3) is 0 Å². The van der Waals surface area contributed by atoms with Gasteiger partial charge in [-0.1, -0.05) is 0 Å². The maximum atomic E-state index is 3.30. The Labute approximate surface area is 50.7 Å². The Bertz CT molecular complexity index is 64.9. The van der Waals surface area contributed by atoms with Crippen LogP contribution >= 0.6 is 0 Å². The van der Waals surface area contributed by atoms with Crippen LogP contribution in [0.25, 0.3) is 0 Å². The molecule has 0 aliphatic carbocycles. The number of hydrogen-bond acceptors (Lipinski definition) is 2. The molecule has 0 aromatic carbocycles. The van der Waals surface area contributed by atoms with E-state index in [-0.39, 0.29) is 0 Å². The fourth-order valence-electron chi connectivity index (χ4n) is 1.10. The van der Waals surface area contributed by atoms with Crippen molar-refractivity contribution < 1.29 is 0 Å². The van der Waals surface area contributed by atoms with Crippen molar-refractivity contribution in [3.8, 4) is 0 Å². The first-order valence-electron chi connectivity index (χ1n) is 3.26. The van der Waals surface area contributed by atoms with Crippen LogP contribution in [0.3, 0.4) is 0 Å². The summed E-state index contributed by atoms with van der Waals surface area (Å²) < 4.78 is 0. The Morgan fingerprint density at radius 3 is 1.88 bits per heavy atom. The molecule has 0 bridgehead atoms. The summed E-state index contributed by atoms with van der Waals surface area (Å²) >= 11 is 0. The minimum absolute atomic E-state index is 0.700. The van der Waals surface area contributed by atoms with E-state index in [1.54, 1.807) is 0 Å². The van der Waals surface area contributed by atoms with Crippen molar-refractivity contribution in [1.29, 1.82) is 0 Å². The van der Waals surface area contributed by atoms with Crippen LogP contribution in [0.15, 0.2) is 0 Å². The first-order chi connectivity index (χ1) is 3.79. The molecular formula is C6H14N2. The summed E-state index contributed by atoms with van der Waals surface area (Å²) in [5.74, 6) is 0. The molecule has 0 saturated carbocycles. The Morgan fingerprint density at radius 2 is 1.62 bits per heavy atom. The van der Waals surface area contributed by atoms with Gasteiger partial charge in [0.2, 0.25) is 0 Å². The Hall–Kier alpha value is -0.0800. The van der Waals surface area contributed by atoms with Gasteiger partial charge in [-0.05, 0) is 20.3 Å². The second-order valence-electron chi connectivity index (χ2n) is 2.62. The first-order valence-corrected chi connectivity index (χ1v) is 3.26. The zero-order chi connectivity index (χ0) is 5.98. The zero-order valence-corrected chi connectivity index (χ0v) is 5.57. The minimum Gasteiger partial charge on any atom is -0.302 e. The maximum Gasteiger partial charge on any atom is 0.0458 e. The lowest BCUT2D eigenvalue weighted by atomic mass is 10.1. The maximum absolute atomic E-state index is 3.30. The molecule has 8 heavy (non-hydrogen) atoms. The van der Waals surface area contributed by atoms with Gasteiger partial charge in [0.05, 0.1) is 0 Å². The molecule has 0 spiro atoms. The molecule has 0 aromatic rings. The number of rotatable bonds is 0. The normalized spacial score (nSPS) is 39.8. The van der Waals surface area contributed by atoms with Gasteiger partial charge < -0.3 is 10.6 Å². The Kier molecular flexibility index (Phi) is 1.86. The van der Waals surface area contributed by atoms with Gasteiger partial charge in [-0.25, -0.2) is 0 Å². The van der Waals surface area contributed by atoms with Crippen LogP contribution in [0.4, 0.5) is 0 Å². The summed E-state index contributed by atoms with van der Waals surface area (Å²) in [5.41, 5.74) is 0. The van der Waals surface area contributed by atoms with Gasteiger partial charge >= 0.3 is 0 Å². The van der Waals surface area contributed by atoms with Crippen LogP contribution < -0.4 is 10.6 Å². The summed E-state index contributed by atoms with van der Waals surface area (Å²) in [7, 11) is 0. The number of hydrogen-bond donors (Lipinski definition) is 2. The van der Waals surface area contributed by atoms with Crippen LogP contribution in [-0.2, 0) is 0 Å². The van der Waals surface area contributed by atoms with Crippen molar-refractivity contribution in [2.75, 3.05) is 6.67 Å². The Balaban J connectivity index is 2.23. The van der Waals surface area contributed by atoms with E-state index in [0.29, 0.717) is 12.1 Å². The van der Waals surface area contributed by atoms with Gasteiger partial charge in [0.15, 0.2) is 0 Å². The topological polar surface area (TPSA) is 24.1 Å². The molecule has 0 amide bonds.